The molecule has 5 rings (SSSR count). The second kappa shape index (κ2) is 7.59. The molecule has 7 nitrogen and oxygen atoms in total. The second-order valence-electron chi connectivity index (χ2n) is 7.35. The molecule has 0 bridgehead atoms. The molecule has 0 aromatic heterocycles. The third-order valence-electron chi connectivity index (χ3n) is 5.57. The predicted octanol–water partition coefficient (Wildman–Crippen LogP) is 5.50. The van der Waals surface area contributed by atoms with Crippen LogP contribution in [0.25, 0.3) is 0 Å². The summed E-state index contributed by atoms with van der Waals surface area (Å²) in [6, 6.07) is 19.7. The molecule has 0 radical (unpaired) electrons. The molecule has 0 saturated carbocycles. The van der Waals surface area contributed by atoms with Crippen molar-refractivity contribution in [3.63, 3.8) is 0 Å². The molecule has 3 aromatic rings. The van der Waals surface area contributed by atoms with Crippen LogP contribution in [0.5, 0.6) is 11.5 Å². The van der Waals surface area contributed by atoms with Crippen LogP contribution in [-0.2, 0) is 0 Å². The van der Waals surface area contributed by atoms with Gasteiger partial charge in [-0.2, -0.15) is 5.10 Å². The molecule has 2 heterocycles. The van der Waals surface area contributed by atoms with E-state index in [9.17, 15) is 10.1 Å². The maximum Gasteiger partial charge on any atom is 0.269 e. The number of nitrogens with zero attached hydrogens (tertiary/aromatic N) is 3. The molecule has 0 N–H and O–H groups in total. The zero-order chi connectivity index (χ0) is 21.5. The quantitative estimate of drug-likeness (QED) is 0.399. The van der Waals surface area contributed by atoms with E-state index in [1.54, 1.807) is 19.2 Å². The average Bonchev–Trinajstić information content (AvgIpc) is 3.24. The normalized spacial score (nSPS) is 19.2. The topological polar surface area (TPSA) is 77.2 Å². The van der Waals surface area contributed by atoms with Crippen LogP contribution in [0.3, 0.4) is 0 Å². The monoisotopic (exact) mass is 435 g/mol. The summed E-state index contributed by atoms with van der Waals surface area (Å²) in [4.78, 5) is 10.6. The zero-order valence-electron chi connectivity index (χ0n) is 16.6. The Balaban J connectivity index is 1.59. The van der Waals surface area contributed by atoms with Crippen molar-refractivity contribution in [2.75, 3.05) is 7.11 Å². The number of nitro benzene ring substituents is 1. The van der Waals surface area contributed by atoms with Gasteiger partial charge in [-0.1, -0.05) is 35.9 Å². The lowest BCUT2D eigenvalue weighted by Gasteiger charge is -2.38. The lowest BCUT2D eigenvalue weighted by atomic mass is 9.95. The highest BCUT2D eigenvalue weighted by atomic mass is 35.5. The van der Waals surface area contributed by atoms with Crippen molar-refractivity contribution < 1.29 is 14.4 Å². The summed E-state index contributed by atoms with van der Waals surface area (Å²) >= 11 is 6.05. The maximum atomic E-state index is 11.1. The van der Waals surface area contributed by atoms with E-state index in [-0.39, 0.29) is 11.7 Å². The summed E-state index contributed by atoms with van der Waals surface area (Å²) < 4.78 is 11.9. The first-order valence-electron chi connectivity index (χ1n) is 9.75. The fraction of sp³-hybridized carbons (Fsp3) is 0.174. The Kier molecular flexibility index (Phi) is 4.75. The Bertz CT molecular complexity index is 1180. The van der Waals surface area contributed by atoms with Gasteiger partial charge in [-0.25, -0.2) is 5.01 Å². The molecule has 0 spiro atoms. The number of para-hydroxylation sites is 1. The molecule has 2 aliphatic rings. The fourth-order valence-electron chi connectivity index (χ4n) is 4.04. The maximum absolute atomic E-state index is 11.1. The lowest BCUT2D eigenvalue weighted by Crippen LogP contribution is -2.33. The van der Waals surface area contributed by atoms with E-state index >= 15 is 0 Å². The smallest absolute Gasteiger partial charge is 0.269 e. The summed E-state index contributed by atoms with van der Waals surface area (Å²) in [7, 11) is 1.61. The van der Waals surface area contributed by atoms with Gasteiger partial charge in [-0.3, -0.25) is 10.1 Å². The molecular weight excluding hydrogens is 418 g/mol. The number of ether oxygens (including phenoxy) is 2. The molecule has 31 heavy (non-hydrogen) atoms. The van der Waals surface area contributed by atoms with Crippen LogP contribution in [0.1, 0.15) is 35.4 Å². The van der Waals surface area contributed by atoms with Gasteiger partial charge in [0.15, 0.2) is 11.5 Å². The Labute approximate surface area is 183 Å². The van der Waals surface area contributed by atoms with Gasteiger partial charge in [0.1, 0.15) is 0 Å². The van der Waals surface area contributed by atoms with Crippen LogP contribution in [0, 0.1) is 10.1 Å². The van der Waals surface area contributed by atoms with Crippen LogP contribution in [-0.4, -0.2) is 22.8 Å². The lowest BCUT2D eigenvalue weighted by molar-refractivity contribution is -0.384. The molecule has 156 valence electrons. The van der Waals surface area contributed by atoms with Gasteiger partial charge >= 0.3 is 0 Å². The summed E-state index contributed by atoms with van der Waals surface area (Å²) in [5, 5.41) is 18.5. The number of fused-ring (bicyclic) bond motifs is 3. The Morgan fingerprint density at radius 2 is 1.87 bits per heavy atom. The molecule has 0 fully saturated rings. The third kappa shape index (κ3) is 3.37. The number of hydrazone groups is 1. The second-order valence-corrected chi connectivity index (χ2v) is 7.79. The highest BCUT2D eigenvalue weighted by Gasteiger charge is 2.42. The number of benzene rings is 3. The molecular formula is C23H18ClN3O4. The van der Waals surface area contributed by atoms with Crippen LogP contribution in [0.4, 0.5) is 5.69 Å². The first-order chi connectivity index (χ1) is 15.0. The Morgan fingerprint density at radius 1 is 1.13 bits per heavy atom. The van der Waals surface area contributed by atoms with Crippen molar-refractivity contribution in [1.82, 2.24) is 5.01 Å². The van der Waals surface area contributed by atoms with Gasteiger partial charge in [0.2, 0.25) is 6.23 Å². The number of methoxy groups -OCH3 is 1. The summed E-state index contributed by atoms with van der Waals surface area (Å²) in [5.41, 5.74) is 3.71. The van der Waals surface area contributed by atoms with Crippen molar-refractivity contribution in [3.05, 3.63) is 98.6 Å². The molecule has 2 aliphatic heterocycles. The van der Waals surface area contributed by atoms with Crippen molar-refractivity contribution >= 4 is 23.0 Å². The van der Waals surface area contributed by atoms with Crippen molar-refractivity contribution in [1.29, 1.82) is 0 Å². The molecule has 0 aliphatic carbocycles. The van der Waals surface area contributed by atoms with Gasteiger partial charge in [0.25, 0.3) is 5.69 Å². The van der Waals surface area contributed by atoms with Gasteiger partial charge in [0, 0.05) is 34.7 Å². The summed E-state index contributed by atoms with van der Waals surface area (Å²) in [6.45, 7) is 0. The van der Waals surface area contributed by atoms with E-state index in [2.05, 4.69) is 0 Å². The fourth-order valence-corrected chi connectivity index (χ4v) is 4.17. The van der Waals surface area contributed by atoms with Crippen molar-refractivity contribution in [2.24, 2.45) is 5.10 Å². The summed E-state index contributed by atoms with van der Waals surface area (Å²) in [6.07, 6.45) is 0.147. The van der Waals surface area contributed by atoms with E-state index in [4.69, 9.17) is 26.2 Å². The van der Waals surface area contributed by atoms with Crippen LogP contribution in [0.15, 0.2) is 71.8 Å². The van der Waals surface area contributed by atoms with E-state index in [1.165, 1.54) is 12.1 Å². The van der Waals surface area contributed by atoms with Crippen molar-refractivity contribution in [2.45, 2.75) is 18.7 Å². The molecule has 8 heteroatoms. The SMILES string of the molecule is COc1cccc2c1O[C@H](c1ccc([N+](=O)[O-])cc1)N1N=C(c3ccc(Cl)cc3)C[C@@H]21. The van der Waals surface area contributed by atoms with Gasteiger partial charge in [0.05, 0.1) is 23.8 Å². The van der Waals surface area contributed by atoms with E-state index < -0.39 is 11.2 Å². The van der Waals surface area contributed by atoms with Gasteiger partial charge in [-0.05, 0) is 35.9 Å². The van der Waals surface area contributed by atoms with Crippen LogP contribution in [0.2, 0.25) is 5.02 Å². The number of non-ortho nitro benzene ring substituents is 1. The molecule has 0 unspecified atom stereocenters. The molecule has 0 saturated heterocycles. The highest BCUT2D eigenvalue weighted by molar-refractivity contribution is 6.30. The van der Waals surface area contributed by atoms with Gasteiger partial charge < -0.3 is 9.47 Å². The van der Waals surface area contributed by atoms with Gasteiger partial charge in [-0.15, -0.1) is 0 Å². The number of halogens is 1. The predicted molar refractivity (Wildman–Crippen MR) is 117 cm³/mol. The van der Waals surface area contributed by atoms with Crippen molar-refractivity contribution in [3.8, 4) is 11.5 Å². The van der Waals surface area contributed by atoms with E-state index in [0.717, 1.165) is 22.4 Å². The van der Waals surface area contributed by atoms with Crippen LogP contribution >= 0.6 is 11.6 Å². The average molecular weight is 436 g/mol. The Hall–Kier alpha value is -3.58. The third-order valence-corrected chi connectivity index (χ3v) is 5.82. The summed E-state index contributed by atoms with van der Waals surface area (Å²) in [5.74, 6) is 1.31. The number of nitro groups is 1. The first kappa shape index (κ1) is 19.4. The standard InChI is InChI=1S/C23H18ClN3O4/c1-30-21-4-2-3-18-20-13-19(14-5-9-16(24)10-6-14)25-26(20)23(31-22(18)21)15-7-11-17(12-8-15)27(28)29/h2-12,20,23H,13H2,1H3/t20-,23+/m0/s1. The highest BCUT2D eigenvalue weighted by Crippen LogP contribution is 2.50. The molecule has 2 atom stereocenters. The minimum absolute atomic E-state index is 0.0286. The van der Waals surface area contributed by atoms with Crippen LogP contribution < -0.4 is 9.47 Å². The van der Waals surface area contributed by atoms with E-state index in [0.29, 0.717) is 22.9 Å². The van der Waals surface area contributed by atoms with E-state index in [1.807, 2.05) is 47.5 Å². The minimum Gasteiger partial charge on any atom is -0.493 e. The zero-order valence-corrected chi connectivity index (χ0v) is 17.3. The first-order valence-corrected chi connectivity index (χ1v) is 10.1. The Morgan fingerprint density at radius 3 is 2.55 bits per heavy atom. The number of rotatable bonds is 4. The number of hydrogen-bond donors (Lipinski definition) is 0. The largest absolute Gasteiger partial charge is 0.493 e. The molecule has 0 amide bonds. The number of hydrogen-bond acceptors (Lipinski definition) is 6. The molecule has 3 aromatic carbocycles. The minimum atomic E-state index is -0.542.